The summed E-state index contributed by atoms with van der Waals surface area (Å²) in [5.74, 6) is 6.49. The Hall–Kier alpha value is -1.03. The molecular weight excluding hydrogens is 534 g/mol. The molecule has 0 bridgehead atoms. The smallest absolute Gasteiger partial charge is 0.434 e. The molecule has 231 valence electrons. The van der Waals surface area contributed by atoms with Crippen molar-refractivity contribution < 1.29 is 9.53 Å². The molecule has 4 saturated carbocycles. The number of hydrogen-bond acceptors (Lipinski definition) is 3. The van der Waals surface area contributed by atoms with Crippen molar-refractivity contribution in [3.63, 3.8) is 0 Å². The predicted molar refractivity (Wildman–Crippen MR) is 178 cm³/mol. The van der Waals surface area contributed by atoms with Gasteiger partial charge in [-0.2, -0.15) is 4.99 Å². The van der Waals surface area contributed by atoms with Crippen molar-refractivity contribution in [2.75, 3.05) is 6.61 Å². The summed E-state index contributed by atoms with van der Waals surface area (Å²) in [7, 11) is 0. The highest BCUT2D eigenvalue weighted by Crippen LogP contribution is 2.67. The second-order valence-corrected chi connectivity index (χ2v) is 16.1. The highest BCUT2D eigenvalue weighted by atomic mass is 32.2. The van der Waals surface area contributed by atoms with Gasteiger partial charge in [0.25, 0.3) is 0 Å². The largest absolute Gasteiger partial charge is 0.448 e. The first-order valence-corrected chi connectivity index (χ1v) is 18.0. The summed E-state index contributed by atoms with van der Waals surface area (Å²) >= 11 is 1.79. The van der Waals surface area contributed by atoms with Crippen LogP contribution in [0, 0.1) is 83.9 Å². The molecule has 0 aromatic heterocycles. The van der Waals surface area contributed by atoms with Gasteiger partial charge in [-0.15, -0.1) is 11.8 Å². The minimum Gasteiger partial charge on any atom is -0.448 e. The van der Waals surface area contributed by atoms with Gasteiger partial charge in [-0.05, 0) is 143 Å². The summed E-state index contributed by atoms with van der Waals surface area (Å²) in [4.78, 5) is 16.7. The van der Waals surface area contributed by atoms with Gasteiger partial charge in [0, 0.05) is 11.2 Å². The Morgan fingerprint density at radius 2 is 1.81 bits per heavy atom. The molecule has 9 atom stereocenters. The normalized spacial score (nSPS) is 38.6. The Morgan fingerprint density at radius 1 is 1.05 bits per heavy atom. The van der Waals surface area contributed by atoms with Crippen LogP contribution in [0.15, 0.2) is 28.8 Å². The van der Waals surface area contributed by atoms with E-state index < -0.39 is 6.09 Å². The third-order valence-electron chi connectivity index (χ3n) is 12.4. The Labute approximate surface area is 262 Å². The number of ether oxygens (including phenoxy) is 1. The van der Waals surface area contributed by atoms with E-state index in [1.807, 2.05) is 19.8 Å². The third-order valence-corrected chi connectivity index (χ3v) is 13.7. The number of fused-ring (bicyclic) bond motifs is 5. The van der Waals surface area contributed by atoms with Gasteiger partial charge in [0.15, 0.2) is 0 Å². The first kappa shape index (κ1) is 32.4. The number of allylic oxidation sites excluding steroid dienone is 4. The van der Waals surface area contributed by atoms with Gasteiger partial charge in [0.1, 0.15) is 0 Å². The van der Waals surface area contributed by atoms with Crippen molar-refractivity contribution >= 4 is 22.9 Å². The molecule has 4 fully saturated rings. The molecule has 5 rings (SSSR count). The number of amides is 1. The summed E-state index contributed by atoms with van der Waals surface area (Å²) in [6.45, 7) is 17.1. The third kappa shape index (κ3) is 6.36. The van der Waals surface area contributed by atoms with Crippen molar-refractivity contribution in [3.05, 3.63) is 55.4 Å². The molecule has 5 aliphatic rings. The van der Waals surface area contributed by atoms with Gasteiger partial charge in [-0.3, -0.25) is 0 Å². The van der Waals surface area contributed by atoms with Crippen LogP contribution in [-0.4, -0.2) is 23.0 Å². The van der Waals surface area contributed by atoms with Gasteiger partial charge >= 0.3 is 6.09 Å². The number of nitrogens with zero attached hydrogens (tertiary/aromatic N) is 1. The van der Waals surface area contributed by atoms with Crippen LogP contribution >= 0.6 is 11.8 Å². The molecule has 0 N–H and O–H groups in total. The molecule has 5 radical (unpaired) electrons. The van der Waals surface area contributed by atoms with Gasteiger partial charge in [-0.25, -0.2) is 4.79 Å². The topological polar surface area (TPSA) is 38.7 Å². The molecular formula is C38H56NO2S. The summed E-state index contributed by atoms with van der Waals surface area (Å²) in [6, 6.07) is 0. The van der Waals surface area contributed by atoms with E-state index in [2.05, 4.69) is 77.6 Å². The summed E-state index contributed by atoms with van der Waals surface area (Å²) in [5.41, 5.74) is 2.51. The van der Waals surface area contributed by atoms with Crippen LogP contribution < -0.4 is 0 Å². The second-order valence-electron chi connectivity index (χ2n) is 14.8. The molecule has 4 heteroatoms. The van der Waals surface area contributed by atoms with Gasteiger partial charge < -0.3 is 4.74 Å². The Morgan fingerprint density at radius 3 is 2.50 bits per heavy atom. The van der Waals surface area contributed by atoms with E-state index in [1.54, 1.807) is 17.3 Å². The fraction of sp³-hybridized carbons (Fsp3) is 0.711. The molecule has 0 saturated heterocycles. The van der Waals surface area contributed by atoms with E-state index in [4.69, 9.17) is 4.74 Å². The average molecular weight is 591 g/mol. The molecule has 0 spiro atoms. The molecule has 0 aromatic rings. The molecule has 0 aromatic carbocycles. The van der Waals surface area contributed by atoms with Crippen molar-refractivity contribution in [1.29, 1.82) is 0 Å². The number of hydrogen-bond donors (Lipinski definition) is 0. The Bertz CT molecular complexity index is 1040. The molecule has 3 nitrogen and oxygen atoms in total. The zero-order chi connectivity index (χ0) is 30.1. The summed E-state index contributed by atoms with van der Waals surface area (Å²) in [6.07, 6.45) is 27.2. The van der Waals surface area contributed by atoms with E-state index in [0.717, 1.165) is 47.0 Å². The molecule has 0 heterocycles. The van der Waals surface area contributed by atoms with Gasteiger partial charge in [0.2, 0.25) is 0 Å². The van der Waals surface area contributed by atoms with E-state index in [9.17, 15) is 4.79 Å². The maximum atomic E-state index is 12.3. The van der Waals surface area contributed by atoms with Crippen LogP contribution in [0.5, 0.6) is 0 Å². The molecule has 5 aliphatic carbocycles. The van der Waals surface area contributed by atoms with Crippen LogP contribution in [-0.2, 0) is 4.74 Å². The monoisotopic (exact) mass is 590 g/mol. The lowest BCUT2D eigenvalue weighted by atomic mass is 9.47. The Kier molecular flexibility index (Phi) is 10.4. The minimum absolute atomic E-state index is 0.329. The molecule has 1 amide bonds. The highest BCUT2D eigenvalue weighted by Gasteiger charge is 2.59. The van der Waals surface area contributed by atoms with E-state index >= 15 is 0 Å². The lowest BCUT2D eigenvalue weighted by Gasteiger charge is -2.58. The zero-order valence-corrected chi connectivity index (χ0v) is 28.2. The number of rotatable bonds is 8. The van der Waals surface area contributed by atoms with Crippen LogP contribution in [0.4, 0.5) is 4.79 Å². The first-order chi connectivity index (χ1) is 20.1. The molecule has 42 heavy (non-hydrogen) atoms. The fourth-order valence-electron chi connectivity index (χ4n) is 9.99. The standard InChI is InChI=1S/C38H56NO2S/c1-8-27(25(3)4)15-14-26(5)32-18-19-33-31-17-16-29-24-30(20-22-37(29,6)34(31)21-23-38(32,33)7)42-35(28-12-10-11-13-28)39-36(40)41-9-2/h10-16,25-27,30-34H,8-9,17-24H2,1-7H3/b15-14+,39-35+/t26-,27-,30-,31+,32-,33+,34+,37+,38-/m1/s1. The molecule has 0 aliphatic heterocycles. The van der Waals surface area contributed by atoms with Gasteiger partial charge in [0.05, 0.1) is 11.7 Å². The lowest BCUT2D eigenvalue weighted by Crippen LogP contribution is -2.50. The van der Waals surface area contributed by atoms with Crippen LogP contribution in [0.3, 0.4) is 0 Å². The van der Waals surface area contributed by atoms with Crippen LogP contribution in [0.2, 0.25) is 0 Å². The van der Waals surface area contributed by atoms with E-state index in [-0.39, 0.29) is 0 Å². The number of carbonyl (C=O) groups is 1. The maximum absolute atomic E-state index is 12.3. The SMILES string of the molecule is CCOC(=O)/N=C(/S[C@@H]1CC[C@@]2(C)C(=CC[C@H]3[C@@H]4CC[C@H]([C@H](C)/C=C/[C@@H](CC)C(C)C)[C@@]4(C)CC[C@@H]32)C1)[C]1[CH][CH][CH][CH]1. The quantitative estimate of drug-likeness (QED) is 0.160. The van der Waals surface area contributed by atoms with E-state index in [0.29, 0.717) is 34.5 Å². The maximum Gasteiger partial charge on any atom is 0.434 e. The van der Waals surface area contributed by atoms with E-state index in [1.165, 1.54) is 51.4 Å². The van der Waals surface area contributed by atoms with Crippen molar-refractivity contribution in [2.45, 2.75) is 112 Å². The zero-order valence-electron chi connectivity index (χ0n) is 27.4. The van der Waals surface area contributed by atoms with Crippen molar-refractivity contribution in [2.24, 2.45) is 57.2 Å². The van der Waals surface area contributed by atoms with Crippen molar-refractivity contribution in [1.82, 2.24) is 0 Å². The van der Waals surface area contributed by atoms with Gasteiger partial charge in [-0.1, -0.05) is 65.3 Å². The summed E-state index contributed by atoms with van der Waals surface area (Å²) in [5, 5.41) is 1.27. The number of thioether (sulfide) groups is 1. The predicted octanol–water partition coefficient (Wildman–Crippen LogP) is 10.5. The number of aliphatic imine (C=N–C) groups is 1. The lowest BCUT2D eigenvalue weighted by molar-refractivity contribution is -0.0459. The van der Waals surface area contributed by atoms with Crippen LogP contribution in [0.1, 0.15) is 106 Å². The second kappa shape index (κ2) is 13.5. The van der Waals surface area contributed by atoms with Crippen LogP contribution in [0.25, 0.3) is 0 Å². The fourth-order valence-corrected chi connectivity index (χ4v) is 11.2. The number of carbonyl (C=O) groups excluding carboxylic acids is 1. The first-order valence-electron chi connectivity index (χ1n) is 17.1. The van der Waals surface area contributed by atoms with Crippen molar-refractivity contribution in [3.8, 4) is 0 Å². The average Bonchev–Trinajstić information content (AvgIpc) is 3.61. The minimum atomic E-state index is -0.475. The highest BCUT2D eigenvalue weighted by molar-refractivity contribution is 8.14. The summed E-state index contributed by atoms with van der Waals surface area (Å²) < 4.78 is 5.17. The Balaban J connectivity index is 1.27. The molecule has 0 unspecified atom stereocenters.